The topological polar surface area (TPSA) is 46.6 Å². The smallest absolute Gasteiger partial charge is 0.293 e. The average molecular weight is 589 g/mol. The first kappa shape index (κ1) is 26.0. The zero-order valence-corrected chi connectivity index (χ0v) is 22.9. The van der Waals surface area contributed by atoms with Crippen molar-refractivity contribution in [2.45, 2.75) is 13.2 Å². The number of carbonyl (C=O) groups is 2. The molecule has 4 aromatic rings. The molecule has 0 aromatic heterocycles. The summed E-state index contributed by atoms with van der Waals surface area (Å²) in [6, 6.07) is 22.2. The van der Waals surface area contributed by atoms with Crippen LogP contribution in [0.15, 0.2) is 77.7 Å². The zero-order chi connectivity index (χ0) is 26.1. The lowest BCUT2D eigenvalue weighted by atomic mass is 10.1. The van der Waals surface area contributed by atoms with Crippen LogP contribution in [0.5, 0.6) is 5.75 Å². The molecule has 0 N–H and O–H groups in total. The number of ether oxygens (including phenoxy) is 1. The molecule has 0 aliphatic carbocycles. The first-order chi connectivity index (χ1) is 17.8. The van der Waals surface area contributed by atoms with Crippen molar-refractivity contribution in [3.8, 4) is 5.75 Å². The van der Waals surface area contributed by atoms with E-state index in [0.29, 0.717) is 20.5 Å². The number of carbonyl (C=O) groups excluding carboxylic acids is 2. The minimum atomic E-state index is -0.367. The van der Waals surface area contributed by atoms with Gasteiger partial charge in [-0.05, 0) is 70.1 Å². The van der Waals surface area contributed by atoms with Crippen LogP contribution in [0.2, 0.25) is 20.1 Å². The van der Waals surface area contributed by atoms with Crippen LogP contribution in [0.3, 0.4) is 0 Å². The number of amides is 2. The number of rotatable bonds is 6. The van der Waals surface area contributed by atoms with Crippen molar-refractivity contribution in [1.82, 2.24) is 4.90 Å². The fourth-order valence-electron chi connectivity index (χ4n) is 3.90. The maximum atomic E-state index is 13.0. The highest BCUT2D eigenvalue weighted by Crippen LogP contribution is 2.38. The van der Waals surface area contributed by atoms with Crippen molar-refractivity contribution in [3.63, 3.8) is 0 Å². The van der Waals surface area contributed by atoms with Crippen molar-refractivity contribution in [2.24, 2.45) is 0 Å². The first-order valence-electron chi connectivity index (χ1n) is 11.1. The summed E-state index contributed by atoms with van der Waals surface area (Å²) in [7, 11) is 0. The Morgan fingerprint density at radius 2 is 1.54 bits per heavy atom. The van der Waals surface area contributed by atoms with Gasteiger partial charge in [-0.1, -0.05) is 88.9 Å². The Morgan fingerprint density at radius 3 is 2.27 bits per heavy atom. The molecule has 4 nitrogen and oxygen atoms in total. The summed E-state index contributed by atoms with van der Waals surface area (Å²) >= 11 is 25.9. The van der Waals surface area contributed by atoms with Gasteiger partial charge in [-0.2, -0.15) is 0 Å². The van der Waals surface area contributed by atoms with Gasteiger partial charge in [0.25, 0.3) is 11.1 Å². The minimum Gasteiger partial charge on any atom is -0.486 e. The third-order valence-corrected chi connectivity index (χ3v) is 7.79. The predicted octanol–water partition coefficient (Wildman–Crippen LogP) is 9.27. The summed E-state index contributed by atoms with van der Waals surface area (Å²) < 4.78 is 5.80. The van der Waals surface area contributed by atoms with E-state index in [9.17, 15) is 9.59 Å². The Balaban J connectivity index is 1.32. The number of hydrogen-bond donors (Lipinski definition) is 0. The summed E-state index contributed by atoms with van der Waals surface area (Å²) in [5.74, 6) is -0.0796. The number of benzene rings is 4. The second-order valence-electron chi connectivity index (χ2n) is 8.29. The quantitative estimate of drug-likeness (QED) is 0.211. The monoisotopic (exact) mass is 587 g/mol. The minimum absolute atomic E-state index is 0.141. The van der Waals surface area contributed by atoms with Gasteiger partial charge in [-0.25, -0.2) is 0 Å². The van der Waals surface area contributed by atoms with Crippen molar-refractivity contribution in [3.05, 3.63) is 114 Å². The lowest BCUT2D eigenvalue weighted by Gasteiger charge is -2.13. The molecule has 2 amide bonds. The van der Waals surface area contributed by atoms with E-state index < -0.39 is 0 Å². The molecule has 0 unspecified atom stereocenters. The molecular weight excluding hydrogens is 572 g/mol. The van der Waals surface area contributed by atoms with E-state index in [-0.39, 0.29) is 40.1 Å². The molecule has 37 heavy (non-hydrogen) atoms. The summed E-state index contributed by atoms with van der Waals surface area (Å²) in [6.07, 6.45) is 1.60. The molecule has 1 aliphatic rings. The molecule has 1 aliphatic heterocycles. The second kappa shape index (κ2) is 11.0. The number of fused-ring (bicyclic) bond motifs is 1. The van der Waals surface area contributed by atoms with Gasteiger partial charge >= 0.3 is 0 Å². The molecule has 1 fully saturated rings. The van der Waals surface area contributed by atoms with Gasteiger partial charge < -0.3 is 4.74 Å². The molecule has 9 heteroatoms. The molecule has 4 aromatic carbocycles. The predicted molar refractivity (Wildman–Crippen MR) is 153 cm³/mol. The van der Waals surface area contributed by atoms with E-state index in [1.807, 2.05) is 42.5 Å². The van der Waals surface area contributed by atoms with Gasteiger partial charge in [0.05, 0.1) is 21.5 Å². The molecule has 0 atom stereocenters. The van der Waals surface area contributed by atoms with E-state index in [2.05, 4.69) is 0 Å². The van der Waals surface area contributed by atoms with Crippen LogP contribution < -0.4 is 4.74 Å². The number of nitrogens with zero attached hydrogens (tertiary/aromatic N) is 1. The zero-order valence-electron chi connectivity index (χ0n) is 19.0. The average Bonchev–Trinajstić information content (AvgIpc) is 3.12. The van der Waals surface area contributed by atoms with Gasteiger partial charge in [0.15, 0.2) is 5.75 Å². The molecule has 0 saturated carbocycles. The molecule has 0 radical (unpaired) electrons. The van der Waals surface area contributed by atoms with Gasteiger partial charge in [0.2, 0.25) is 0 Å². The standard InChI is InChI=1S/C28H17Cl4NO3S/c29-21-8-7-20(22(30)13-21)15-36-26-23(31)10-17(11-24(26)32)12-25-27(34)33(28(35)37-25)14-16-5-6-18-3-1-2-4-19(18)9-16/h1-13H,14-15H2/b25-12-. The SMILES string of the molecule is O=C1S/C(=C\c2cc(Cl)c(OCc3ccc(Cl)cc3Cl)c(Cl)c2)C(=O)N1Cc1ccc2ccccc2c1. The maximum absolute atomic E-state index is 13.0. The van der Waals surface area contributed by atoms with Crippen molar-refractivity contribution in [2.75, 3.05) is 0 Å². The van der Waals surface area contributed by atoms with E-state index in [4.69, 9.17) is 51.1 Å². The Morgan fingerprint density at radius 1 is 0.811 bits per heavy atom. The summed E-state index contributed by atoms with van der Waals surface area (Å²) in [5.41, 5.74) is 2.17. The van der Waals surface area contributed by atoms with Crippen LogP contribution in [0, 0.1) is 0 Å². The molecule has 5 rings (SSSR count). The van der Waals surface area contributed by atoms with Crippen molar-refractivity contribution in [1.29, 1.82) is 0 Å². The van der Waals surface area contributed by atoms with Gasteiger partial charge in [-0.3, -0.25) is 14.5 Å². The molecule has 0 bridgehead atoms. The number of thioether (sulfide) groups is 1. The fourth-order valence-corrected chi connectivity index (χ4v) is 5.81. The Bertz CT molecular complexity index is 1560. The number of hydrogen-bond acceptors (Lipinski definition) is 4. The lowest BCUT2D eigenvalue weighted by Crippen LogP contribution is -2.27. The van der Waals surface area contributed by atoms with Gasteiger partial charge in [-0.15, -0.1) is 0 Å². The van der Waals surface area contributed by atoms with Gasteiger partial charge in [0, 0.05) is 15.6 Å². The van der Waals surface area contributed by atoms with Crippen LogP contribution >= 0.6 is 58.2 Å². The van der Waals surface area contributed by atoms with E-state index >= 15 is 0 Å². The Kier molecular flexibility index (Phi) is 7.70. The van der Waals surface area contributed by atoms with Crippen LogP contribution in [0.1, 0.15) is 16.7 Å². The van der Waals surface area contributed by atoms with Crippen molar-refractivity contribution >= 4 is 86.2 Å². The normalized spacial score (nSPS) is 14.7. The Labute approximate surface area is 237 Å². The number of imide groups is 1. The van der Waals surface area contributed by atoms with Crippen LogP contribution in [-0.2, 0) is 17.9 Å². The van der Waals surface area contributed by atoms with E-state index in [1.165, 1.54) is 4.90 Å². The molecular formula is C28H17Cl4NO3S. The third-order valence-electron chi connectivity index (χ3n) is 5.73. The highest BCUT2D eigenvalue weighted by atomic mass is 35.5. The van der Waals surface area contributed by atoms with Gasteiger partial charge in [0.1, 0.15) is 6.61 Å². The molecule has 1 heterocycles. The second-order valence-corrected chi connectivity index (χ2v) is 10.9. The molecule has 186 valence electrons. The molecule has 1 saturated heterocycles. The van der Waals surface area contributed by atoms with Crippen molar-refractivity contribution < 1.29 is 14.3 Å². The van der Waals surface area contributed by atoms with Crippen LogP contribution in [0.25, 0.3) is 16.8 Å². The summed E-state index contributed by atoms with van der Waals surface area (Å²) in [6.45, 7) is 0.330. The highest BCUT2D eigenvalue weighted by Gasteiger charge is 2.35. The highest BCUT2D eigenvalue weighted by molar-refractivity contribution is 8.18. The fraction of sp³-hybridized carbons (Fsp3) is 0.0714. The largest absolute Gasteiger partial charge is 0.486 e. The molecule has 0 spiro atoms. The maximum Gasteiger partial charge on any atom is 0.293 e. The Hall–Kier alpha value is -2.67. The first-order valence-corrected chi connectivity index (χ1v) is 13.4. The summed E-state index contributed by atoms with van der Waals surface area (Å²) in [4.78, 5) is 27.2. The van der Waals surface area contributed by atoms with E-state index in [0.717, 1.165) is 33.7 Å². The third kappa shape index (κ3) is 5.77. The van der Waals surface area contributed by atoms with Crippen LogP contribution in [-0.4, -0.2) is 16.0 Å². The van der Waals surface area contributed by atoms with Crippen LogP contribution in [0.4, 0.5) is 4.79 Å². The lowest BCUT2D eigenvalue weighted by molar-refractivity contribution is -0.123. The summed E-state index contributed by atoms with van der Waals surface area (Å²) in [5, 5.41) is 3.33. The van der Waals surface area contributed by atoms with E-state index in [1.54, 1.807) is 36.4 Å². The number of halogens is 4.